The number of nitrogens with zero attached hydrogens (tertiary/aromatic N) is 5. The molecule has 8 nitrogen and oxygen atoms in total. The number of amides is 2. The van der Waals surface area contributed by atoms with E-state index in [4.69, 9.17) is 4.74 Å². The minimum atomic E-state index is -0.249. The predicted octanol–water partition coefficient (Wildman–Crippen LogP) is 1.98. The van der Waals surface area contributed by atoms with Crippen molar-refractivity contribution in [1.29, 1.82) is 0 Å². The molecule has 0 bridgehead atoms. The van der Waals surface area contributed by atoms with Gasteiger partial charge in [0.05, 0.1) is 23.9 Å². The summed E-state index contributed by atoms with van der Waals surface area (Å²) in [4.78, 5) is 18.6. The van der Waals surface area contributed by atoms with E-state index in [1.807, 2.05) is 25.3 Å². The van der Waals surface area contributed by atoms with Gasteiger partial charge in [-0.1, -0.05) is 0 Å². The van der Waals surface area contributed by atoms with Crippen molar-refractivity contribution >= 4 is 22.4 Å². The highest BCUT2D eigenvalue weighted by Gasteiger charge is 2.29. The number of carbonyl (C=O) groups is 1. The highest BCUT2D eigenvalue weighted by molar-refractivity contribution is 7.16. The number of carbonyl (C=O) groups excluding carboxylic acids is 1. The molecule has 124 valence electrons. The SMILES string of the molecule is CCn1cnnc1[C@H]1CN(C(=O)Nc2sc(C)nc2C)CCO1. The molecule has 1 aliphatic heterocycles. The summed E-state index contributed by atoms with van der Waals surface area (Å²) in [6, 6.07) is -0.132. The fourth-order valence-electron chi connectivity index (χ4n) is 2.57. The van der Waals surface area contributed by atoms with Gasteiger partial charge in [0, 0.05) is 13.1 Å². The minimum Gasteiger partial charge on any atom is -0.366 e. The van der Waals surface area contributed by atoms with Crippen molar-refractivity contribution < 1.29 is 9.53 Å². The van der Waals surface area contributed by atoms with E-state index < -0.39 is 0 Å². The maximum Gasteiger partial charge on any atom is 0.322 e. The van der Waals surface area contributed by atoms with Crippen LogP contribution in [0.1, 0.15) is 29.6 Å². The number of aryl methyl sites for hydroxylation is 3. The van der Waals surface area contributed by atoms with Crippen molar-refractivity contribution in [3.8, 4) is 0 Å². The Morgan fingerprint density at radius 3 is 3.04 bits per heavy atom. The third kappa shape index (κ3) is 3.35. The van der Waals surface area contributed by atoms with Gasteiger partial charge in [-0.2, -0.15) is 0 Å². The van der Waals surface area contributed by atoms with Gasteiger partial charge in [0.25, 0.3) is 0 Å². The Labute approximate surface area is 138 Å². The van der Waals surface area contributed by atoms with Crippen molar-refractivity contribution in [3.63, 3.8) is 0 Å². The van der Waals surface area contributed by atoms with Crippen LogP contribution in [0.2, 0.25) is 0 Å². The second-order valence-electron chi connectivity index (χ2n) is 5.36. The molecule has 0 unspecified atom stereocenters. The van der Waals surface area contributed by atoms with Crippen LogP contribution in [0.5, 0.6) is 0 Å². The summed E-state index contributed by atoms with van der Waals surface area (Å²) in [5, 5.41) is 12.7. The highest BCUT2D eigenvalue weighted by Crippen LogP contribution is 2.25. The molecule has 1 N–H and O–H groups in total. The van der Waals surface area contributed by atoms with Crippen molar-refractivity contribution in [2.75, 3.05) is 25.0 Å². The molecule has 0 radical (unpaired) electrons. The second-order valence-corrected chi connectivity index (χ2v) is 6.56. The lowest BCUT2D eigenvalue weighted by molar-refractivity contribution is -0.0199. The molecule has 0 aromatic carbocycles. The number of anilines is 1. The number of ether oxygens (including phenoxy) is 1. The predicted molar refractivity (Wildman–Crippen MR) is 86.6 cm³/mol. The smallest absolute Gasteiger partial charge is 0.322 e. The summed E-state index contributed by atoms with van der Waals surface area (Å²) in [5.41, 5.74) is 0.844. The number of rotatable bonds is 3. The summed E-state index contributed by atoms with van der Waals surface area (Å²) >= 11 is 1.48. The zero-order valence-corrected chi connectivity index (χ0v) is 14.3. The van der Waals surface area contributed by atoms with E-state index in [2.05, 4.69) is 20.5 Å². The van der Waals surface area contributed by atoms with Crippen LogP contribution in [0.15, 0.2) is 6.33 Å². The van der Waals surface area contributed by atoms with E-state index in [9.17, 15) is 4.79 Å². The molecule has 3 heterocycles. The molecule has 1 saturated heterocycles. The maximum absolute atomic E-state index is 12.5. The first-order valence-corrected chi connectivity index (χ1v) is 8.39. The Morgan fingerprint density at radius 1 is 1.52 bits per heavy atom. The Hall–Kier alpha value is -2.00. The van der Waals surface area contributed by atoms with Crippen LogP contribution in [0.25, 0.3) is 0 Å². The molecule has 0 saturated carbocycles. The lowest BCUT2D eigenvalue weighted by atomic mass is 10.2. The number of hydrogen-bond acceptors (Lipinski definition) is 6. The van der Waals surface area contributed by atoms with Crippen LogP contribution >= 0.6 is 11.3 Å². The molecule has 1 atom stereocenters. The molecule has 3 rings (SSSR count). The molecule has 9 heteroatoms. The lowest BCUT2D eigenvalue weighted by Crippen LogP contribution is -2.44. The summed E-state index contributed by atoms with van der Waals surface area (Å²) in [7, 11) is 0. The van der Waals surface area contributed by atoms with Crippen molar-refractivity contribution in [2.24, 2.45) is 0 Å². The highest BCUT2D eigenvalue weighted by atomic mass is 32.1. The summed E-state index contributed by atoms with van der Waals surface area (Å²) in [6.45, 7) is 8.11. The Kier molecular flexibility index (Phi) is 4.58. The first kappa shape index (κ1) is 15.9. The molecule has 23 heavy (non-hydrogen) atoms. The van der Waals surface area contributed by atoms with Crippen LogP contribution in [-0.4, -0.2) is 50.4 Å². The summed E-state index contributed by atoms with van der Waals surface area (Å²) < 4.78 is 7.70. The first-order chi connectivity index (χ1) is 11.1. The second kappa shape index (κ2) is 6.63. The summed E-state index contributed by atoms with van der Waals surface area (Å²) in [5.74, 6) is 0.759. The van der Waals surface area contributed by atoms with Gasteiger partial charge >= 0.3 is 6.03 Å². The average Bonchev–Trinajstić information content (AvgIpc) is 3.14. The Morgan fingerprint density at radius 2 is 2.35 bits per heavy atom. The van der Waals surface area contributed by atoms with E-state index in [1.54, 1.807) is 11.2 Å². The summed E-state index contributed by atoms with van der Waals surface area (Å²) in [6.07, 6.45) is 1.43. The number of nitrogens with one attached hydrogen (secondary N) is 1. The maximum atomic E-state index is 12.5. The van der Waals surface area contributed by atoms with Gasteiger partial charge < -0.3 is 14.2 Å². The van der Waals surface area contributed by atoms with Crippen molar-refractivity contribution in [3.05, 3.63) is 22.9 Å². The lowest BCUT2D eigenvalue weighted by Gasteiger charge is -2.32. The number of thiazole rings is 1. The molecule has 0 spiro atoms. The topological polar surface area (TPSA) is 85.2 Å². The molecule has 2 aromatic heterocycles. The van der Waals surface area contributed by atoms with Crippen LogP contribution in [-0.2, 0) is 11.3 Å². The van der Waals surface area contributed by atoms with Crippen LogP contribution < -0.4 is 5.32 Å². The van der Waals surface area contributed by atoms with Gasteiger partial charge in [0.1, 0.15) is 17.4 Å². The van der Waals surface area contributed by atoms with Crippen LogP contribution in [0, 0.1) is 13.8 Å². The first-order valence-electron chi connectivity index (χ1n) is 7.57. The molecule has 1 fully saturated rings. The third-order valence-corrected chi connectivity index (χ3v) is 4.74. The average molecular weight is 336 g/mol. The van der Waals surface area contributed by atoms with Crippen LogP contribution in [0.4, 0.5) is 9.80 Å². The van der Waals surface area contributed by atoms with E-state index in [-0.39, 0.29) is 12.1 Å². The largest absolute Gasteiger partial charge is 0.366 e. The molecular formula is C14H20N6O2S. The van der Waals surface area contributed by atoms with E-state index in [0.29, 0.717) is 19.7 Å². The van der Waals surface area contributed by atoms with E-state index in [0.717, 1.165) is 28.1 Å². The molecule has 2 amide bonds. The van der Waals surface area contributed by atoms with Gasteiger partial charge in [-0.3, -0.25) is 5.32 Å². The monoisotopic (exact) mass is 336 g/mol. The number of hydrogen-bond donors (Lipinski definition) is 1. The fourth-order valence-corrected chi connectivity index (χ4v) is 3.38. The van der Waals surface area contributed by atoms with Gasteiger partial charge in [-0.25, -0.2) is 9.78 Å². The molecule has 1 aliphatic rings. The quantitative estimate of drug-likeness (QED) is 0.926. The zero-order chi connectivity index (χ0) is 16.4. The van der Waals surface area contributed by atoms with Gasteiger partial charge in [0.2, 0.25) is 0 Å². The number of urea groups is 1. The van der Waals surface area contributed by atoms with Gasteiger partial charge in [-0.15, -0.1) is 21.5 Å². The third-order valence-electron chi connectivity index (χ3n) is 3.75. The van der Waals surface area contributed by atoms with Crippen molar-refractivity contribution in [2.45, 2.75) is 33.4 Å². The van der Waals surface area contributed by atoms with E-state index in [1.165, 1.54) is 11.3 Å². The Balaban J connectivity index is 1.68. The zero-order valence-electron chi connectivity index (χ0n) is 13.4. The standard InChI is InChI=1S/C14H20N6O2S/c1-4-19-8-15-18-12(19)11-7-20(5-6-22-11)14(21)17-13-9(2)16-10(3)23-13/h8,11H,4-7H2,1-3H3,(H,17,21)/t11-/m1/s1. The van der Waals surface area contributed by atoms with Crippen molar-refractivity contribution in [1.82, 2.24) is 24.6 Å². The normalized spacial score (nSPS) is 18.2. The molecular weight excluding hydrogens is 316 g/mol. The van der Waals surface area contributed by atoms with E-state index >= 15 is 0 Å². The molecule has 2 aromatic rings. The van der Waals surface area contributed by atoms with Gasteiger partial charge in [0.15, 0.2) is 5.82 Å². The molecule has 0 aliphatic carbocycles. The number of aromatic nitrogens is 4. The van der Waals surface area contributed by atoms with Gasteiger partial charge in [-0.05, 0) is 20.8 Å². The Bertz CT molecular complexity index is 697. The number of morpholine rings is 1. The minimum absolute atomic E-state index is 0.132. The fraction of sp³-hybridized carbons (Fsp3) is 0.571. The van der Waals surface area contributed by atoms with Crippen LogP contribution in [0.3, 0.4) is 0 Å².